The smallest absolute Gasteiger partial charge is 0.188 e. The quantitative estimate of drug-likeness (QED) is 0.279. The van der Waals surface area contributed by atoms with Crippen LogP contribution >= 0.6 is 24.0 Å². The Morgan fingerprint density at radius 3 is 2.72 bits per heavy atom. The summed E-state index contributed by atoms with van der Waals surface area (Å²) in [6.07, 6.45) is 7.88. The van der Waals surface area contributed by atoms with Crippen molar-refractivity contribution < 1.29 is 5.11 Å². The lowest BCUT2D eigenvalue weighted by atomic mass is 10.1. The zero-order valence-electron chi connectivity index (χ0n) is 11.4. The van der Waals surface area contributed by atoms with Gasteiger partial charge in [-0.2, -0.15) is 0 Å². The first-order chi connectivity index (χ1) is 8.24. The topological polar surface area (TPSA) is 70.6 Å². The van der Waals surface area contributed by atoms with Crippen LogP contribution in [0.3, 0.4) is 0 Å². The monoisotopic (exact) mass is 369 g/mol. The molecule has 0 amide bonds. The fourth-order valence-electron chi connectivity index (χ4n) is 2.27. The Morgan fingerprint density at radius 1 is 1.33 bits per heavy atom. The predicted molar refractivity (Wildman–Crippen MR) is 87.4 cm³/mol. The van der Waals surface area contributed by atoms with Crippen LogP contribution in [0.1, 0.15) is 51.9 Å². The molecule has 18 heavy (non-hydrogen) atoms. The third-order valence-electron chi connectivity index (χ3n) is 3.45. The van der Waals surface area contributed by atoms with E-state index in [0.717, 1.165) is 32.2 Å². The van der Waals surface area contributed by atoms with Gasteiger partial charge in [0.05, 0.1) is 6.10 Å². The van der Waals surface area contributed by atoms with Crippen LogP contribution in [-0.2, 0) is 0 Å². The van der Waals surface area contributed by atoms with Crippen molar-refractivity contribution in [2.24, 2.45) is 16.6 Å². The summed E-state index contributed by atoms with van der Waals surface area (Å²) in [5.41, 5.74) is 5.77. The summed E-state index contributed by atoms with van der Waals surface area (Å²) in [6, 6.07) is 0. The molecule has 4 nitrogen and oxygen atoms in total. The molecule has 1 fully saturated rings. The molecular weight excluding hydrogens is 341 g/mol. The SMILES string of the molecule is CCCCCCNC(N)=NCC1CCCC1O.I. The van der Waals surface area contributed by atoms with E-state index in [2.05, 4.69) is 17.2 Å². The average Bonchev–Trinajstić information content (AvgIpc) is 2.72. The van der Waals surface area contributed by atoms with Crippen molar-refractivity contribution >= 4 is 29.9 Å². The first kappa shape index (κ1) is 18.0. The highest BCUT2D eigenvalue weighted by atomic mass is 127. The summed E-state index contributed by atoms with van der Waals surface area (Å²) in [7, 11) is 0. The molecule has 4 N–H and O–H groups in total. The van der Waals surface area contributed by atoms with Gasteiger partial charge in [-0.1, -0.05) is 32.6 Å². The van der Waals surface area contributed by atoms with Gasteiger partial charge in [-0.05, 0) is 19.3 Å². The first-order valence-corrected chi connectivity index (χ1v) is 6.96. The Morgan fingerprint density at radius 2 is 2.11 bits per heavy atom. The first-order valence-electron chi connectivity index (χ1n) is 6.96. The molecule has 1 aliphatic rings. The third-order valence-corrected chi connectivity index (χ3v) is 3.45. The molecule has 0 aromatic carbocycles. The van der Waals surface area contributed by atoms with Gasteiger partial charge >= 0.3 is 0 Å². The minimum Gasteiger partial charge on any atom is -0.393 e. The average molecular weight is 369 g/mol. The predicted octanol–water partition coefficient (Wildman–Crippen LogP) is 2.25. The highest BCUT2D eigenvalue weighted by Crippen LogP contribution is 2.25. The molecular formula is C13H28IN3O. The third kappa shape index (κ3) is 7.41. The van der Waals surface area contributed by atoms with Crippen LogP contribution < -0.4 is 11.1 Å². The van der Waals surface area contributed by atoms with Crippen molar-refractivity contribution in [3.63, 3.8) is 0 Å². The van der Waals surface area contributed by atoms with E-state index >= 15 is 0 Å². The Bertz CT molecular complexity index is 236. The van der Waals surface area contributed by atoms with Gasteiger partial charge in [0.25, 0.3) is 0 Å². The normalized spacial score (nSPS) is 23.8. The Labute approximate surface area is 128 Å². The number of nitrogens with one attached hydrogen (secondary N) is 1. The number of rotatable bonds is 7. The molecule has 0 aromatic rings. The van der Waals surface area contributed by atoms with Crippen LogP contribution in [0.15, 0.2) is 4.99 Å². The van der Waals surface area contributed by atoms with Gasteiger partial charge < -0.3 is 16.2 Å². The van der Waals surface area contributed by atoms with E-state index in [-0.39, 0.29) is 30.1 Å². The maximum atomic E-state index is 9.64. The van der Waals surface area contributed by atoms with Crippen molar-refractivity contribution in [2.75, 3.05) is 13.1 Å². The molecule has 1 rings (SSSR count). The number of unbranched alkanes of at least 4 members (excludes halogenated alkanes) is 3. The number of hydrogen-bond acceptors (Lipinski definition) is 2. The number of nitrogens with zero attached hydrogens (tertiary/aromatic N) is 1. The molecule has 2 unspecified atom stereocenters. The van der Waals surface area contributed by atoms with Crippen LogP contribution in [-0.4, -0.2) is 30.3 Å². The Hall–Kier alpha value is -0.0400. The number of nitrogens with two attached hydrogens (primary N) is 1. The molecule has 0 saturated heterocycles. The maximum Gasteiger partial charge on any atom is 0.188 e. The van der Waals surface area contributed by atoms with E-state index in [9.17, 15) is 5.11 Å². The molecule has 2 atom stereocenters. The van der Waals surface area contributed by atoms with Crippen LogP contribution in [0.2, 0.25) is 0 Å². The number of aliphatic hydroxyl groups excluding tert-OH is 1. The number of aliphatic hydroxyl groups is 1. The summed E-state index contributed by atoms with van der Waals surface area (Å²) in [5.74, 6) is 0.844. The van der Waals surface area contributed by atoms with E-state index < -0.39 is 0 Å². The molecule has 108 valence electrons. The van der Waals surface area contributed by atoms with Crippen LogP contribution in [0.25, 0.3) is 0 Å². The maximum absolute atomic E-state index is 9.64. The molecule has 0 spiro atoms. The van der Waals surface area contributed by atoms with Gasteiger partial charge in [0, 0.05) is 19.0 Å². The van der Waals surface area contributed by atoms with Gasteiger partial charge in [0.2, 0.25) is 0 Å². The number of halogens is 1. The van der Waals surface area contributed by atoms with Gasteiger partial charge in [-0.3, -0.25) is 4.99 Å². The van der Waals surface area contributed by atoms with Gasteiger partial charge in [0.15, 0.2) is 5.96 Å². The zero-order valence-corrected chi connectivity index (χ0v) is 13.7. The highest BCUT2D eigenvalue weighted by molar-refractivity contribution is 14.0. The molecule has 0 heterocycles. The van der Waals surface area contributed by atoms with Crippen LogP contribution in [0.5, 0.6) is 0 Å². The van der Waals surface area contributed by atoms with Crippen molar-refractivity contribution in [1.82, 2.24) is 5.32 Å². The minimum atomic E-state index is -0.170. The summed E-state index contributed by atoms with van der Waals surface area (Å²) < 4.78 is 0. The summed E-state index contributed by atoms with van der Waals surface area (Å²) in [4.78, 5) is 4.30. The fourth-order valence-corrected chi connectivity index (χ4v) is 2.27. The van der Waals surface area contributed by atoms with E-state index in [1.165, 1.54) is 19.3 Å². The second kappa shape index (κ2) is 10.8. The molecule has 0 aromatic heterocycles. The molecule has 5 heteroatoms. The lowest BCUT2D eigenvalue weighted by Crippen LogP contribution is -2.33. The largest absolute Gasteiger partial charge is 0.393 e. The van der Waals surface area contributed by atoms with Gasteiger partial charge in [-0.25, -0.2) is 0 Å². The van der Waals surface area contributed by atoms with Crippen molar-refractivity contribution in [3.8, 4) is 0 Å². The highest BCUT2D eigenvalue weighted by Gasteiger charge is 2.24. The van der Waals surface area contributed by atoms with Gasteiger partial charge in [0.1, 0.15) is 0 Å². The number of aliphatic imine (C=N–C) groups is 1. The summed E-state index contributed by atoms with van der Waals surface area (Å²) in [6.45, 7) is 3.77. The minimum absolute atomic E-state index is 0. The number of hydrogen-bond donors (Lipinski definition) is 3. The lowest BCUT2D eigenvalue weighted by Gasteiger charge is -2.12. The van der Waals surface area contributed by atoms with Crippen molar-refractivity contribution in [3.05, 3.63) is 0 Å². The van der Waals surface area contributed by atoms with Gasteiger partial charge in [-0.15, -0.1) is 24.0 Å². The molecule has 0 aliphatic heterocycles. The second-order valence-corrected chi connectivity index (χ2v) is 4.97. The van der Waals surface area contributed by atoms with E-state index in [4.69, 9.17) is 5.73 Å². The summed E-state index contributed by atoms with van der Waals surface area (Å²) >= 11 is 0. The van der Waals surface area contributed by atoms with Crippen LogP contribution in [0.4, 0.5) is 0 Å². The van der Waals surface area contributed by atoms with Crippen molar-refractivity contribution in [2.45, 2.75) is 58.0 Å². The van der Waals surface area contributed by atoms with E-state index in [0.29, 0.717) is 18.4 Å². The van der Waals surface area contributed by atoms with E-state index in [1.54, 1.807) is 0 Å². The molecule has 0 radical (unpaired) electrons. The summed E-state index contributed by atoms with van der Waals surface area (Å²) in [5, 5.41) is 12.8. The fraction of sp³-hybridized carbons (Fsp3) is 0.923. The Kier molecular flexibility index (Phi) is 10.8. The standard InChI is InChI=1S/C13H27N3O.HI/c1-2-3-4-5-9-15-13(14)16-10-11-7-6-8-12(11)17;/h11-12,17H,2-10H2,1H3,(H3,14,15,16);1H. The van der Waals surface area contributed by atoms with Crippen molar-refractivity contribution in [1.29, 1.82) is 0 Å². The Balaban J connectivity index is 0.00000289. The van der Waals surface area contributed by atoms with Crippen LogP contribution in [0, 0.1) is 5.92 Å². The molecule has 1 saturated carbocycles. The molecule has 0 bridgehead atoms. The lowest BCUT2D eigenvalue weighted by molar-refractivity contribution is 0.136. The second-order valence-electron chi connectivity index (χ2n) is 4.97. The van der Waals surface area contributed by atoms with E-state index in [1.807, 2.05) is 0 Å². The molecule has 1 aliphatic carbocycles. The number of guanidine groups is 1. The zero-order chi connectivity index (χ0) is 12.5.